The summed E-state index contributed by atoms with van der Waals surface area (Å²) in [5.41, 5.74) is 0.723. The summed E-state index contributed by atoms with van der Waals surface area (Å²) < 4.78 is 58.9. The molecule has 0 spiro atoms. The number of allylic oxidation sites excluding steroid dienone is 3. The highest BCUT2D eigenvalue weighted by Gasteiger charge is 2.53. The van der Waals surface area contributed by atoms with Crippen LogP contribution in [0.1, 0.15) is 31.9 Å². The molecular formula is C34H22F4OS3. The molecule has 0 atom stereocenters. The fourth-order valence-electron chi connectivity index (χ4n) is 5.17. The van der Waals surface area contributed by atoms with Gasteiger partial charge in [0.05, 0.1) is 9.75 Å². The average Bonchev–Trinajstić information content (AvgIpc) is 3.77. The van der Waals surface area contributed by atoms with Crippen LogP contribution in [-0.2, 0) is 0 Å². The predicted octanol–water partition coefficient (Wildman–Crippen LogP) is 11.4. The number of hydrogen-bond acceptors (Lipinski definition) is 4. The van der Waals surface area contributed by atoms with E-state index in [1.807, 2.05) is 66.7 Å². The molecule has 3 heterocycles. The van der Waals surface area contributed by atoms with Gasteiger partial charge >= 0.3 is 5.92 Å². The van der Waals surface area contributed by atoms with Gasteiger partial charge in [0.1, 0.15) is 0 Å². The van der Waals surface area contributed by atoms with Gasteiger partial charge in [0.2, 0.25) is 5.78 Å². The second-order valence-electron chi connectivity index (χ2n) is 9.85. The molecule has 2 aliphatic carbocycles. The molecule has 0 N–H and O–H groups in total. The maximum Gasteiger partial charge on any atom is 0.335 e. The Labute approximate surface area is 252 Å². The maximum absolute atomic E-state index is 15.0. The van der Waals surface area contributed by atoms with Crippen LogP contribution in [-0.4, -0.2) is 17.6 Å². The predicted molar refractivity (Wildman–Crippen MR) is 169 cm³/mol. The van der Waals surface area contributed by atoms with Gasteiger partial charge in [0.25, 0.3) is 5.92 Å². The largest absolute Gasteiger partial charge is 0.335 e. The Hall–Kier alpha value is -3.85. The molecule has 7 rings (SSSR count). The van der Waals surface area contributed by atoms with E-state index in [1.165, 1.54) is 34.0 Å². The fraction of sp³-hybridized carbons (Fsp3) is 0.0882. The lowest BCUT2D eigenvalue weighted by molar-refractivity contribution is 0.0461. The van der Waals surface area contributed by atoms with E-state index in [2.05, 4.69) is 19.7 Å². The fourth-order valence-corrected chi connectivity index (χ4v) is 8.95. The van der Waals surface area contributed by atoms with Gasteiger partial charge in [-0.15, -0.1) is 34.0 Å². The lowest BCUT2D eigenvalue weighted by Gasteiger charge is -2.13. The summed E-state index contributed by atoms with van der Waals surface area (Å²) in [5, 5.41) is 0. The summed E-state index contributed by atoms with van der Waals surface area (Å²) in [7, 11) is 0. The van der Waals surface area contributed by atoms with Crippen LogP contribution in [0, 0.1) is 6.92 Å². The molecule has 0 saturated carbocycles. The van der Waals surface area contributed by atoms with E-state index in [-0.39, 0.29) is 22.3 Å². The van der Waals surface area contributed by atoms with Crippen LogP contribution in [0.3, 0.4) is 0 Å². The van der Waals surface area contributed by atoms with Gasteiger partial charge in [0.15, 0.2) is 0 Å². The van der Waals surface area contributed by atoms with Crippen molar-refractivity contribution >= 4 is 56.5 Å². The number of carbonyl (C=O) groups excluding carboxylic acids is 1. The van der Waals surface area contributed by atoms with Crippen LogP contribution in [0.5, 0.6) is 0 Å². The monoisotopic (exact) mass is 618 g/mol. The first-order valence-electron chi connectivity index (χ1n) is 12.8. The van der Waals surface area contributed by atoms with Crippen molar-refractivity contribution in [2.75, 3.05) is 0 Å². The topological polar surface area (TPSA) is 17.1 Å². The zero-order valence-electron chi connectivity index (χ0n) is 22.3. The molecule has 0 saturated heterocycles. The van der Waals surface area contributed by atoms with E-state index in [0.717, 1.165) is 5.56 Å². The Bertz CT molecular complexity index is 1880. The number of Topliss-reactive ketones (excluding diaryl/α,β-unsaturated/α-hetero) is 1. The average molecular weight is 619 g/mol. The molecule has 2 aromatic carbocycles. The van der Waals surface area contributed by atoms with E-state index in [1.54, 1.807) is 19.1 Å². The van der Waals surface area contributed by atoms with Gasteiger partial charge in [-0.2, -0.15) is 17.6 Å². The van der Waals surface area contributed by atoms with Gasteiger partial charge in [-0.25, -0.2) is 0 Å². The number of hydrogen-bond donors (Lipinski definition) is 0. The van der Waals surface area contributed by atoms with Crippen LogP contribution < -0.4 is 0 Å². The Morgan fingerprint density at radius 2 is 0.976 bits per heavy atom. The van der Waals surface area contributed by atoms with Gasteiger partial charge < -0.3 is 0 Å². The summed E-state index contributed by atoms with van der Waals surface area (Å²) in [6.07, 6.45) is 0. The SMILES string of the molecule is C=C1c2c(-c3ccc(-c4sc(-c5ccccc5)c5c4C(=C)C(F)(F)C5=C)s3)sc(C)c2C(=O)C1(F)F.c1ccccc1. The first-order chi connectivity index (χ1) is 20.0. The summed E-state index contributed by atoms with van der Waals surface area (Å²) >= 11 is 3.95. The lowest BCUT2D eigenvalue weighted by Crippen LogP contribution is -2.23. The standard InChI is InChI=1S/C28H16F4OS3.C6H6/c1-12-19-20(13(2)27(12,29)30)25(36-23(19)16-8-6-5-7-9-16)18-11-10-17(35-18)24-21-14(3)28(31,32)26(33)22(21)15(4)34-24;1-2-4-6-5-3-1/h5-11H,1-3H2,4H3;1-6H. The highest BCUT2D eigenvalue weighted by Crippen LogP contribution is 2.61. The zero-order chi connectivity index (χ0) is 30.0. The molecular weight excluding hydrogens is 597 g/mol. The minimum absolute atomic E-state index is 0.0210. The van der Waals surface area contributed by atoms with Gasteiger partial charge in [-0.05, 0) is 24.6 Å². The Kier molecular flexibility index (Phi) is 6.84. The molecule has 210 valence electrons. The van der Waals surface area contributed by atoms with Crippen molar-refractivity contribution < 1.29 is 22.4 Å². The second kappa shape index (κ2) is 10.2. The molecule has 0 aliphatic heterocycles. The number of fused-ring (bicyclic) bond motifs is 2. The summed E-state index contributed by atoms with van der Waals surface area (Å²) in [4.78, 5) is 16.1. The quantitative estimate of drug-likeness (QED) is 0.184. The smallest absolute Gasteiger partial charge is 0.287 e. The molecule has 1 nitrogen and oxygen atoms in total. The van der Waals surface area contributed by atoms with Crippen molar-refractivity contribution in [3.05, 3.63) is 126 Å². The van der Waals surface area contributed by atoms with E-state index in [0.29, 0.717) is 40.4 Å². The highest BCUT2D eigenvalue weighted by molar-refractivity contribution is 7.27. The number of thiophene rings is 3. The van der Waals surface area contributed by atoms with Crippen molar-refractivity contribution in [3.8, 4) is 29.9 Å². The molecule has 2 aliphatic rings. The molecule has 0 fully saturated rings. The van der Waals surface area contributed by atoms with Gasteiger partial charge in [0, 0.05) is 58.5 Å². The summed E-state index contributed by atoms with van der Waals surface area (Å²) in [6, 6.07) is 24.9. The first-order valence-corrected chi connectivity index (χ1v) is 15.3. The van der Waals surface area contributed by atoms with E-state index < -0.39 is 23.2 Å². The van der Waals surface area contributed by atoms with Gasteiger partial charge in [-0.1, -0.05) is 86.5 Å². The number of ketones is 1. The first kappa shape index (κ1) is 28.3. The Balaban J connectivity index is 0.000000470. The Morgan fingerprint density at radius 1 is 0.548 bits per heavy atom. The normalized spacial score (nSPS) is 16.3. The van der Waals surface area contributed by atoms with Crippen molar-refractivity contribution in [2.24, 2.45) is 0 Å². The number of halogens is 4. The highest BCUT2D eigenvalue weighted by atomic mass is 32.1. The third-order valence-corrected chi connectivity index (χ3v) is 11.1. The molecule has 8 heteroatoms. The second-order valence-corrected chi connectivity index (χ2v) is 13.2. The van der Waals surface area contributed by atoms with Crippen LogP contribution >= 0.6 is 34.0 Å². The number of aryl methyl sites for hydroxylation is 1. The van der Waals surface area contributed by atoms with Crippen LogP contribution in [0.25, 0.3) is 46.7 Å². The van der Waals surface area contributed by atoms with Crippen LogP contribution in [0.4, 0.5) is 17.6 Å². The molecule has 0 bridgehead atoms. The number of alkyl halides is 4. The maximum atomic E-state index is 15.0. The molecule has 3 aromatic heterocycles. The van der Waals surface area contributed by atoms with E-state index in [4.69, 9.17) is 0 Å². The minimum Gasteiger partial charge on any atom is -0.287 e. The number of carbonyl (C=O) groups is 1. The molecule has 0 unspecified atom stereocenters. The number of rotatable bonds is 3. The lowest BCUT2D eigenvalue weighted by atomic mass is 10.0. The van der Waals surface area contributed by atoms with Crippen LogP contribution in [0.2, 0.25) is 0 Å². The zero-order valence-corrected chi connectivity index (χ0v) is 24.7. The molecule has 5 aromatic rings. The van der Waals surface area contributed by atoms with E-state index >= 15 is 8.78 Å². The molecule has 0 amide bonds. The van der Waals surface area contributed by atoms with Crippen molar-refractivity contribution in [1.82, 2.24) is 0 Å². The minimum atomic E-state index is -3.62. The van der Waals surface area contributed by atoms with Crippen LogP contribution in [0.15, 0.2) is 98.6 Å². The molecule has 42 heavy (non-hydrogen) atoms. The van der Waals surface area contributed by atoms with Crippen molar-refractivity contribution in [3.63, 3.8) is 0 Å². The Morgan fingerprint density at radius 3 is 1.52 bits per heavy atom. The third kappa shape index (κ3) is 4.20. The summed E-state index contributed by atoms with van der Waals surface area (Å²) in [5.74, 6) is -8.10. The third-order valence-electron chi connectivity index (χ3n) is 7.30. The summed E-state index contributed by atoms with van der Waals surface area (Å²) in [6.45, 7) is 12.6. The molecule has 0 radical (unpaired) electrons. The van der Waals surface area contributed by atoms with E-state index in [9.17, 15) is 13.6 Å². The van der Waals surface area contributed by atoms with Crippen molar-refractivity contribution in [2.45, 2.75) is 18.8 Å². The van der Waals surface area contributed by atoms with Gasteiger partial charge in [-0.3, -0.25) is 4.79 Å². The number of benzene rings is 2. The van der Waals surface area contributed by atoms with Crippen molar-refractivity contribution in [1.29, 1.82) is 0 Å².